The number of hydrogen-bond donors (Lipinski definition) is 1. The van der Waals surface area contributed by atoms with E-state index in [1.54, 1.807) is 0 Å². The second-order valence-corrected chi connectivity index (χ2v) is 4.20. The molecule has 0 aromatic carbocycles. The van der Waals surface area contributed by atoms with Gasteiger partial charge < -0.3 is 5.73 Å². The van der Waals surface area contributed by atoms with Crippen molar-refractivity contribution < 1.29 is 0 Å². The van der Waals surface area contributed by atoms with E-state index >= 15 is 0 Å². The van der Waals surface area contributed by atoms with E-state index in [1.165, 1.54) is 23.3 Å². The summed E-state index contributed by atoms with van der Waals surface area (Å²) in [5, 5.41) is 2.15. The maximum absolute atomic E-state index is 6.10. The molecule has 0 spiro atoms. The Labute approximate surface area is 71.2 Å². The van der Waals surface area contributed by atoms with Crippen molar-refractivity contribution in [1.29, 1.82) is 0 Å². The van der Waals surface area contributed by atoms with Crippen LogP contribution in [0.25, 0.3) is 0 Å². The van der Waals surface area contributed by atoms with Gasteiger partial charge in [-0.25, -0.2) is 0 Å². The van der Waals surface area contributed by atoms with Gasteiger partial charge >= 0.3 is 0 Å². The van der Waals surface area contributed by atoms with E-state index in [0.717, 1.165) is 6.42 Å². The van der Waals surface area contributed by atoms with E-state index in [-0.39, 0.29) is 5.54 Å². The number of aryl methyl sites for hydroxylation is 1. The summed E-state index contributed by atoms with van der Waals surface area (Å²) >= 11 is 1.82. The normalized spacial score (nSPS) is 20.2. The predicted molar refractivity (Wildman–Crippen MR) is 48.8 cm³/mol. The Kier molecular flexibility index (Phi) is 1.55. The van der Waals surface area contributed by atoms with Crippen LogP contribution in [0.4, 0.5) is 0 Å². The first-order valence-electron chi connectivity index (χ1n) is 4.12. The second-order valence-electron chi connectivity index (χ2n) is 3.28. The van der Waals surface area contributed by atoms with Gasteiger partial charge in [-0.05, 0) is 36.3 Å². The van der Waals surface area contributed by atoms with Gasteiger partial charge in [0.15, 0.2) is 0 Å². The van der Waals surface area contributed by atoms with E-state index in [4.69, 9.17) is 5.73 Å². The quantitative estimate of drug-likeness (QED) is 0.718. The molecule has 0 aliphatic heterocycles. The molecule has 11 heavy (non-hydrogen) atoms. The first-order chi connectivity index (χ1) is 5.26. The fraction of sp³-hybridized carbons (Fsp3) is 0.556. The lowest BCUT2D eigenvalue weighted by molar-refractivity contribution is 0.747. The van der Waals surface area contributed by atoms with Crippen LogP contribution < -0.4 is 5.73 Å². The summed E-state index contributed by atoms with van der Waals surface area (Å²) in [5.41, 5.74) is 7.64. The molecule has 60 valence electrons. The van der Waals surface area contributed by atoms with E-state index in [2.05, 4.69) is 18.4 Å². The van der Waals surface area contributed by atoms with Crippen molar-refractivity contribution in [2.45, 2.75) is 31.7 Å². The van der Waals surface area contributed by atoms with Crippen LogP contribution in [-0.4, -0.2) is 0 Å². The molecule has 1 aromatic heterocycles. The second kappa shape index (κ2) is 2.32. The molecule has 1 heterocycles. The third-order valence-electron chi connectivity index (χ3n) is 2.37. The molecule has 0 amide bonds. The van der Waals surface area contributed by atoms with E-state index < -0.39 is 0 Å². The zero-order valence-corrected chi connectivity index (χ0v) is 7.58. The van der Waals surface area contributed by atoms with Crippen LogP contribution in [0.3, 0.4) is 0 Å². The Bertz CT molecular complexity index is 260. The van der Waals surface area contributed by atoms with Crippen LogP contribution >= 0.6 is 11.3 Å². The SMILES string of the molecule is CCc1ccsc1C1(N)CC1. The Morgan fingerprint density at radius 1 is 1.64 bits per heavy atom. The van der Waals surface area contributed by atoms with Crippen LogP contribution in [0, 0.1) is 0 Å². The first kappa shape index (κ1) is 7.32. The third kappa shape index (κ3) is 1.10. The molecule has 1 aromatic rings. The molecular formula is C9H13NS. The summed E-state index contributed by atoms with van der Waals surface area (Å²) in [6.07, 6.45) is 3.48. The summed E-state index contributed by atoms with van der Waals surface area (Å²) in [6.45, 7) is 2.19. The van der Waals surface area contributed by atoms with Crippen molar-refractivity contribution >= 4 is 11.3 Å². The Hall–Kier alpha value is -0.340. The van der Waals surface area contributed by atoms with Crippen LogP contribution in [0.15, 0.2) is 11.4 Å². The molecule has 0 unspecified atom stereocenters. The lowest BCUT2D eigenvalue weighted by Gasteiger charge is -2.07. The predicted octanol–water partition coefficient (Wildman–Crippen LogP) is 2.26. The molecule has 1 aliphatic rings. The van der Waals surface area contributed by atoms with Crippen LogP contribution in [0.5, 0.6) is 0 Å². The zero-order chi connectivity index (χ0) is 7.90. The van der Waals surface area contributed by atoms with Crippen molar-refractivity contribution in [2.24, 2.45) is 5.73 Å². The molecular weight excluding hydrogens is 154 g/mol. The summed E-state index contributed by atoms with van der Waals surface area (Å²) in [4.78, 5) is 1.43. The van der Waals surface area contributed by atoms with E-state index in [0.29, 0.717) is 0 Å². The van der Waals surface area contributed by atoms with E-state index in [1.807, 2.05) is 11.3 Å². The average Bonchev–Trinajstić information content (AvgIpc) is 2.61. The van der Waals surface area contributed by atoms with Gasteiger partial charge in [0.1, 0.15) is 0 Å². The third-order valence-corrected chi connectivity index (χ3v) is 3.55. The highest BCUT2D eigenvalue weighted by atomic mass is 32.1. The number of hydrogen-bond acceptors (Lipinski definition) is 2. The van der Waals surface area contributed by atoms with Crippen LogP contribution in [0.2, 0.25) is 0 Å². The maximum Gasteiger partial charge on any atom is 0.0508 e. The molecule has 0 atom stereocenters. The monoisotopic (exact) mass is 167 g/mol. The van der Waals surface area contributed by atoms with Gasteiger partial charge in [-0.3, -0.25) is 0 Å². The fourth-order valence-corrected chi connectivity index (χ4v) is 2.58. The molecule has 2 rings (SSSR count). The van der Waals surface area contributed by atoms with Crippen molar-refractivity contribution in [3.63, 3.8) is 0 Å². The maximum atomic E-state index is 6.10. The van der Waals surface area contributed by atoms with Gasteiger partial charge in [-0.15, -0.1) is 11.3 Å². The van der Waals surface area contributed by atoms with Crippen molar-refractivity contribution in [3.8, 4) is 0 Å². The smallest absolute Gasteiger partial charge is 0.0508 e. The van der Waals surface area contributed by atoms with Gasteiger partial charge in [0.25, 0.3) is 0 Å². The first-order valence-corrected chi connectivity index (χ1v) is 5.00. The minimum Gasteiger partial charge on any atom is -0.321 e. The number of thiophene rings is 1. The van der Waals surface area contributed by atoms with Crippen LogP contribution in [-0.2, 0) is 12.0 Å². The van der Waals surface area contributed by atoms with Crippen molar-refractivity contribution in [2.75, 3.05) is 0 Å². The summed E-state index contributed by atoms with van der Waals surface area (Å²) in [5.74, 6) is 0. The molecule has 2 heteroatoms. The van der Waals surface area contributed by atoms with Crippen LogP contribution in [0.1, 0.15) is 30.2 Å². The molecule has 1 nitrogen and oxygen atoms in total. The van der Waals surface area contributed by atoms with Gasteiger partial charge in [-0.2, -0.15) is 0 Å². The molecule has 1 aliphatic carbocycles. The molecule has 2 N–H and O–H groups in total. The highest BCUT2D eigenvalue weighted by Gasteiger charge is 2.42. The van der Waals surface area contributed by atoms with Gasteiger partial charge in [-0.1, -0.05) is 6.92 Å². The fourth-order valence-electron chi connectivity index (χ4n) is 1.41. The number of nitrogens with two attached hydrogens (primary N) is 1. The summed E-state index contributed by atoms with van der Waals surface area (Å²) in [7, 11) is 0. The highest BCUT2D eigenvalue weighted by Crippen LogP contribution is 2.46. The van der Waals surface area contributed by atoms with E-state index in [9.17, 15) is 0 Å². The molecule has 1 fully saturated rings. The lowest BCUT2D eigenvalue weighted by Crippen LogP contribution is -2.18. The molecule has 0 saturated heterocycles. The molecule has 0 radical (unpaired) electrons. The van der Waals surface area contributed by atoms with Crippen molar-refractivity contribution in [1.82, 2.24) is 0 Å². The minimum atomic E-state index is 0.0828. The molecule has 0 bridgehead atoms. The lowest BCUT2D eigenvalue weighted by atomic mass is 10.1. The average molecular weight is 167 g/mol. The Morgan fingerprint density at radius 2 is 2.36 bits per heavy atom. The minimum absolute atomic E-state index is 0.0828. The van der Waals surface area contributed by atoms with Gasteiger partial charge in [0.05, 0.1) is 5.54 Å². The summed E-state index contributed by atoms with van der Waals surface area (Å²) < 4.78 is 0. The van der Waals surface area contributed by atoms with Crippen molar-refractivity contribution in [3.05, 3.63) is 21.9 Å². The Morgan fingerprint density at radius 3 is 2.91 bits per heavy atom. The zero-order valence-electron chi connectivity index (χ0n) is 6.76. The highest BCUT2D eigenvalue weighted by molar-refractivity contribution is 7.10. The summed E-state index contributed by atoms with van der Waals surface area (Å²) in [6, 6.07) is 2.20. The number of rotatable bonds is 2. The van der Waals surface area contributed by atoms with Gasteiger partial charge in [0.2, 0.25) is 0 Å². The largest absolute Gasteiger partial charge is 0.321 e. The Balaban J connectivity index is 2.36. The standard InChI is InChI=1S/C9H13NS/c1-2-7-3-6-11-8(7)9(10)4-5-9/h3,6H,2,4-5,10H2,1H3. The molecule has 1 saturated carbocycles. The van der Waals surface area contributed by atoms with Gasteiger partial charge in [0, 0.05) is 4.88 Å². The topological polar surface area (TPSA) is 26.0 Å².